The summed E-state index contributed by atoms with van der Waals surface area (Å²) in [7, 11) is 0. The molecule has 0 aromatic heterocycles. The van der Waals surface area contributed by atoms with Gasteiger partial charge in [-0.15, -0.1) is 0 Å². The number of urea groups is 1. The first-order valence-electron chi connectivity index (χ1n) is 11.6. The van der Waals surface area contributed by atoms with Gasteiger partial charge in [0, 0.05) is 25.3 Å². The molecule has 1 heterocycles. The first-order valence-corrected chi connectivity index (χ1v) is 11.6. The maximum Gasteiger partial charge on any atom is 0.323 e. The third-order valence-electron chi connectivity index (χ3n) is 6.15. The summed E-state index contributed by atoms with van der Waals surface area (Å²) in [4.78, 5) is 26.3. The first-order chi connectivity index (χ1) is 15.5. The second-order valence-corrected chi connectivity index (χ2v) is 8.39. The predicted octanol–water partition coefficient (Wildman–Crippen LogP) is 5.73. The van der Waals surface area contributed by atoms with Gasteiger partial charge in [-0.05, 0) is 68.9 Å². The lowest BCUT2D eigenvalue weighted by molar-refractivity contribution is -0.108. The minimum atomic E-state index is -0.286. The third kappa shape index (κ3) is 6.10. The van der Waals surface area contributed by atoms with Gasteiger partial charge < -0.3 is 25.1 Å². The molecule has 6 heteroatoms. The highest BCUT2D eigenvalue weighted by molar-refractivity contribution is 6.02. The maximum absolute atomic E-state index is 12.9. The van der Waals surface area contributed by atoms with Gasteiger partial charge >= 0.3 is 6.03 Å². The van der Waals surface area contributed by atoms with Crippen LogP contribution in [0.3, 0.4) is 0 Å². The summed E-state index contributed by atoms with van der Waals surface area (Å²) in [6.07, 6.45) is 4.40. The van der Waals surface area contributed by atoms with Crippen LogP contribution in [0.4, 0.5) is 21.9 Å². The van der Waals surface area contributed by atoms with Crippen molar-refractivity contribution in [2.75, 3.05) is 35.3 Å². The highest BCUT2D eigenvalue weighted by Gasteiger charge is 2.24. The molecule has 6 nitrogen and oxygen atoms in total. The lowest BCUT2D eigenvalue weighted by atomic mass is 9.92. The van der Waals surface area contributed by atoms with Gasteiger partial charge in [0.05, 0.1) is 24.0 Å². The van der Waals surface area contributed by atoms with Crippen LogP contribution in [-0.4, -0.2) is 38.1 Å². The highest BCUT2D eigenvalue weighted by Crippen LogP contribution is 2.34. The smallest absolute Gasteiger partial charge is 0.323 e. The molecule has 1 saturated heterocycles. The summed E-state index contributed by atoms with van der Waals surface area (Å²) in [5.41, 5.74) is 4.67. The molecule has 2 N–H and O–H groups in total. The number of anilines is 3. The molecule has 3 rings (SSSR count). The van der Waals surface area contributed by atoms with Gasteiger partial charge in [0.15, 0.2) is 0 Å². The summed E-state index contributed by atoms with van der Waals surface area (Å²) < 4.78 is 5.73. The van der Waals surface area contributed by atoms with E-state index >= 15 is 0 Å². The van der Waals surface area contributed by atoms with Gasteiger partial charge in [-0.25, -0.2) is 4.79 Å². The van der Waals surface area contributed by atoms with E-state index in [2.05, 4.69) is 41.5 Å². The second-order valence-electron chi connectivity index (χ2n) is 8.39. The molecule has 32 heavy (non-hydrogen) atoms. The van der Waals surface area contributed by atoms with Crippen molar-refractivity contribution in [1.82, 2.24) is 0 Å². The summed E-state index contributed by atoms with van der Waals surface area (Å²) in [5.74, 6) is 0.135. The minimum absolute atomic E-state index is 0.135. The van der Waals surface area contributed by atoms with Gasteiger partial charge in [0.1, 0.15) is 6.29 Å². The van der Waals surface area contributed by atoms with E-state index in [9.17, 15) is 9.59 Å². The Balaban J connectivity index is 1.89. The molecule has 2 aromatic carbocycles. The molecule has 0 aliphatic carbocycles. The topological polar surface area (TPSA) is 70.7 Å². The summed E-state index contributed by atoms with van der Waals surface area (Å²) in [5, 5.41) is 5.99. The van der Waals surface area contributed by atoms with Crippen LogP contribution in [0.1, 0.15) is 56.6 Å². The van der Waals surface area contributed by atoms with Crippen molar-refractivity contribution in [2.24, 2.45) is 0 Å². The standard InChI is InChI=1S/C26H35N3O3/c1-4-20(14-15-30)21-10-13-25(29(5-2)23-7-6-16-32-18-23)24(17-21)28-26(31)27-22-11-8-19(3)9-12-22/h8-13,15,17,20,23H,4-7,14,16,18H2,1-3H3,(H2,27,28,31). The van der Waals surface area contributed by atoms with Gasteiger partial charge in [-0.3, -0.25) is 0 Å². The number of amides is 2. The fourth-order valence-electron chi connectivity index (χ4n) is 4.33. The zero-order valence-electron chi connectivity index (χ0n) is 19.4. The molecule has 0 saturated carbocycles. The summed E-state index contributed by atoms with van der Waals surface area (Å²) in [6, 6.07) is 13.9. The van der Waals surface area contributed by atoms with Crippen LogP contribution < -0.4 is 15.5 Å². The number of hydrogen-bond acceptors (Lipinski definition) is 4. The summed E-state index contributed by atoms with van der Waals surface area (Å²) in [6.45, 7) is 8.53. The number of nitrogens with zero attached hydrogens (tertiary/aromatic N) is 1. The van der Waals surface area contributed by atoms with E-state index in [1.54, 1.807) is 0 Å². The van der Waals surface area contributed by atoms with E-state index in [4.69, 9.17) is 4.74 Å². The number of carbonyl (C=O) groups excluding carboxylic acids is 2. The first kappa shape index (κ1) is 23.8. The van der Waals surface area contributed by atoms with Crippen LogP contribution in [-0.2, 0) is 9.53 Å². The van der Waals surface area contributed by atoms with Crippen LogP contribution in [0, 0.1) is 6.92 Å². The molecule has 1 aliphatic rings. The number of carbonyl (C=O) groups is 2. The maximum atomic E-state index is 12.9. The van der Waals surface area contributed by atoms with Crippen molar-refractivity contribution < 1.29 is 14.3 Å². The molecule has 1 fully saturated rings. The molecule has 2 atom stereocenters. The number of benzene rings is 2. The largest absolute Gasteiger partial charge is 0.379 e. The Kier molecular flexibility index (Phi) is 8.68. The Morgan fingerprint density at radius 2 is 1.97 bits per heavy atom. The van der Waals surface area contributed by atoms with Gasteiger partial charge in [0.2, 0.25) is 0 Å². The van der Waals surface area contributed by atoms with E-state index < -0.39 is 0 Å². The number of aldehydes is 1. The molecule has 172 valence electrons. The molecule has 2 amide bonds. The number of rotatable bonds is 9. The fraction of sp³-hybridized carbons (Fsp3) is 0.462. The van der Waals surface area contributed by atoms with Gasteiger partial charge in [0.25, 0.3) is 0 Å². The van der Waals surface area contributed by atoms with Crippen molar-refractivity contribution in [3.05, 3.63) is 53.6 Å². The third-order valence-corrected chi connectivity index (χ3v) is 6.15. The molecule has 0 bridgehead atoms. The molecule has 2 aromatic rings. The van der Waals surface area contributed by atoms with E-state index in [-0.39, 0.29) is 18.0 Å². The van der Waals surface area contributed by atoms with Crippen LogP contribution >= 0.6 is 0 Å². The molecule has 1 aliphatic heterocycles. The summed E-state index contributed by atoms with van der Waals surface area (Å²) >= 11 is 0. The Morgan fingerprint density at radius 1 is 1.19 bits per heavy atom. The molecule has 0 radical (unpaired) electrons. The monoisotopic (exact) mass is 437 g/mol. The highest BCUT2D eigenvalue weighted by atomic mass is 16.5. The van der Waals surface area contributed by atoms with Crippen molar-refractivity contribution in [2.45, 2.75) is 58.4 Å². The predicted molar refractivity (Wildman–Crippen MR) is 131 cm³/mol. The normalized spacial score (nSPS) is 16.8. The Labute approximate surface area is 191 Å². The van der Waals surface area contributed by atoms with Crippen molar-refractivity contribution >= 4 is 29.4 Å². The Morgan fingerprint density at radius 3 is 2.59 bits per heavy atom. The number of aryl methyl sites for hydroxylation is 1. The Bertz CT molecular complexity index is 892. The van der Waals surface area contributed by atoms with E-state index in [0.29, 0.717) is 13.0 Å². The fourth-order valence-corrected chi connectivity index (χ4v) is 4.33. The van der Waals surface area contributed by atoms with Crippen LogP contribution in [0.5, 0.6) is 0 Å². The van der Waals surface area contributed by atoms with Gasteiger partial charge in [-0.2, -0.15) is 0 Å². The van der Waals surface area contributed by atoms with Crippen LogP contribution in [0.25, 0.3) is 0 Å². The van der Waals surface area contributed by atoms with Crippen molar-refractivity contribution in [3.63, 3.8) is 0 Å². The van der Waals surface area contributed by atoms with Crippen LogP contribution in [0.15, 0.2) is 42.5 Å². The van der Waals surface area contributed by atoms with E-state index in [1.165, 1.54) is 0 Å². The number of hydrogen-bond donors (Lipinski definition) is 2. The zero-order chi connectivity index (χ0) is 22.9. The van der Waals surface area contributed by atoms with Crippen molar-refractivity contribution in [1.29, 1.82) is 0 Å². The molecule has 2 unspecified atom stereocenters. The Hall–Kier alpha value is -2.86. The SMILES string of the molecule is CCC(CC=O)c1ccc(N(CC)C2CCCOC2)c(NC(=O)Nc2ccc(C)cc2)c1. The average Bonchev–Trinajstić information content (AvgIpc) is 2.81. The number of nitrogens with one attached hydrogen (secondary N) is 2. The quantitative estimate of drug-likeness (QED) is 0.492. The molecule has 0 spiro atoms. The average molecular weight is 438 g/mol. The second kappa shape index (κ2) is 11.7. The number of likely N-dealkylation sites (N-methyl/N-ethyl adjacent to an activating group) is 1. The lowest BCUT2D eigenvalue weighted by Crippen LogP contribution is -2.41. The molecular weight excluding hydrogens is 402 g/mol. The minimum Gasteiger partial charge on any atom is -0.379 e. The van der Waals surface area contributed by atoms with Crippen molar-refractivity contribution in [3.8, 4) is 0 Å². The molecular formula is C26H35N3O3. The zero-order valence-corrected chi connectivity index (χ0v) is 19.4. The van der Waals surface area contributed by atoms with E-state index in [0.717, 1.165) is 66.9 Å². The lowest BCUT2D eigenvalue weighted by Gasteiger charge is -2.36. The van der Waals surface area contributed by atoms with Crippen LogP contribution in [0.2, 0.25) is 0 Å². The van der Waals surface area contributed by atoms with Gasteiger partial charge in [-0.1, -0.05) is 30.7 Å². The number of ether oxygens (including phenoxy) is 1. The van der Waals surface area contributed by atoms with E-state index in [1.807, 2.05) is 37.3 Å².